The maximum atomic E-state index is 13.2. The van der Waals surface area contributed by atoms with Crippen molar-refractivity contribution in [3.05, 3.63) is 101 Å². The van der Waals surface area contributed by atoms with Crippen molar-refractivity contribution in [3.8, 4) is 0 Å². The van der Waals surface area contributed by atoms with Gasteiger partial charge in [-0.15, -0.1) is 0 Å². The molecule has 0 saturated heterocycles. The number of nitrogens with one attached hydrogen (secondary N) is 1. The molecule has 0 fully saturated rings. The molecule has 1 aliphatic rings. The molecule has 0 saturated carbocycles. The zero-order valence-electron chi connectivity index (χ0n) is 17.5. The van der Waals surface area contributed by atoms with Gasteiger partial charge in [-0.05, 0) is 59.9 Å². The van der Waals surface area contributed by atoms with E-state index >= 15 is 0 Å². The largest absolute Gasteiger partial charge is 0.351 e. The summed E-state index contributed by atoms with van der Waals surface area (Å²) in [5.41, 5.74) is 4.45. The minimum atomic E-state index is -0.359. The van der Waals surface area contributed by atoms with Crippen LogP contribution in [0.3, 0.4) is 0 Å². The van der Waals surface area contributed by atoms with Crippen LogP contribution in [-0.4, -0.2) is 18.4 Å². The minimum Gasteiger partial charge on any atom is -0.351 e. The van der Waals surface area contributed by atoms with Crippen LogP contribution in [0.2, 0.25) is 0 Å². The number of carbonyl (C=O) groups excluding carboxylic acids is 2. The number of benzene rings is 3. The molecule has 2 amide bonds. The van der Waals surface area contributed by atoms with Gasteiger partial charge < -0.3 is 10.2 Å². The fourth-order valence-electron chi connectivity index (χ4n) is 4.09. The summed E-state index contributed by atoms with van der Waals surface area (Å²) in [6, 6.07) is 21.4. The Kier molecular flexibility index (Phi) is 6.12. The van der Waals surface area contributed by atoms with Crippen LogP contribution < -0.4 is 10.2 Å². The zero-order chi connectivity index (χ0) is 21.8. The van der Waals surface area contributed by atoms with Crippen LogP contribution >= 0.6 is 0 Å². The van der Waals surface area contributed by atoms with Crippen molar-refractivity contribution in [1.29, 1.82) is 0 Å². The third kappa shape index (κ3) is 4.50. The second-order valence-electron chi connectivity index (χ2n) is 7.77. The minimum absolute atomic E-state index is 0.0160. The molecule has 5 heteroatoms. The molecule has 158 valence electrons. The van der Waals surface area contributed by atoms with Gasteiger partial charge >= 0.3 is 0 Å². The first-order valence-electron chi connectivity index (χ1n) is 10.6. The molecule has 1 heterocycles. The van der Waals surface area contributed by atoms with Gasteiger partial charge in [0.15, 0.2) is 0 Å². The summed E-state index contributed by atoms with van der Waals surface area (Å²) in [6.45, 7) is 3.05. The van der Waals surface area contributed by atoms with Gasteiger partial charge in [-0.2, -0.15) is 0 Å². The highest BCUT2D eigenvalue weighted by Crippen LogP contribution is 2.30. The standard InChI is InChI=1S/C26H25FN2O2/c1-2-23(19-6-4-3-5-7-19)25(30)28-17-18-8-13-24-21(16-18)14-15-29(24)26(31)20-9-11-22(27)12-10-20/h3-13,16,23H,2,14-15,17H2,1H3,(H,28,30)/t23-/m0/s1. The fraction of sp³-hybridized carbons (Fsp3) is 0.231. The topological polar surface area (TPSA) is 49.4 Å². The van der Waals surface area contributed by atoms with Crippen LogP contribution in [0.5, 0.6) is 0 Å². The third-order valence-corrected chi connectivity index (χ3v) is 5.77. The molecule has 0 aliphatic carbocycles. The van der Waals surface area contributed by atoms with Gasteiger partial charge in [0.2, 0.25) is 5.91 Å². The van der Waals surface area contributed by atoms with E-state index < -0.39 is 0 Å². The summed E-state index contributed by atoms with van der Waals surface area (Å²) in [5.74, 6) is -0.641. The number of hydrogen-bond acceptors (Lipinski definition) is 2. The Hall–Kier alpha value is -3.47. The molecule has 0 bridgehead atoms. The van der Waals surface area contributed by atoms with Crippen molar-refractivity contribution in [2.45, 2.75) is 32.2 Å². The molecule has 4 rings (SSSR count). The molecule has 3 aromatic carbocycles. The average Bonchev–Trinajstić information content (AvgIpc) is 3.22. The van der Waals surface area contributed by atoms with E-state index in [4.69, 9.17) is 0 Å². The smallest absolute Gasteiger partial charge is 0.258 e. The van der Waals surface area contributed by atoms with E-state index in [1.54, 1.807) is 4.90 Å². The molecule has 0 radical (unpaired) electrons. The van der Waals surface area contributed by atoms with E-state index in [9.17, 15) is 14.0 Å². The summed E-state index contributed by atoms with van der Waals surface area (Å²) < 4.78 is 13.2. The van der Waals surface area contributed by atoms with Crippen molar-refractivity contribution >= 4 is 17.5 Å². The van der Waals surface area contributed by atoms with Gasteiger partial charge in [0.25, 0.3) is 5.91 Å². The first-order chi connectivity index (χ1) is 15.1. The second kappa shape index (κ2) is 9.13. The van der Waals surface area contributed by atoms with E-state index in [0.29, 0.717) is 18.7 Å². The molecule has 3 aromatic rings. The van der Waals surface area contributed by atoms with E-state index in [-0.39, 0.29) is 23.5 Å². The first kappa shape index (κ1) is 20.8. The van der Waals surface area contributed by atoms with Crippen LogP contribution in [0.25, 0.3) is 0 Å². The molecule has 4 nitrogen and oxygen atoms in total. The number of rotatable bonds is 6. The Morgan fingerprint density at radius 1 is 1.03 bits per heavy atom. The maximum absolute atomic E-state index is 13.2. The fourth-order valence-corrected chi connectivity index (χ4v) is 4.09. The van der Waals surface area contributed by atoms with E-state index in [1.807, 2.05) is 49.4 Å². The van der Waals surface area contributed by atoms with Gasteiger partial charge in [0, 0.05) is 24.3 Å². The predicted molar refractivity (Wildman–Crippen MR) is 120 cm³/mol. The molecule has 0 aromatic heterocycles. The number of carbonyl (C=O) groups is 2. The average molecular weight is 416 g/mol. The third-order valence-electron chi connectivity index (χ3n) is 5.77. The number of nitrogens with zero attached hydrogens (tertiary/aromatic N) is 1. The molecule has 1 aliphatic heterocycles. The van der Waals surface area contributed by atoms with Crippen molar-refractivity contribution in [3.63, 3.8) is 0 Å². The number of anilines is 1. The Balaban J connectivity index is 1.43. The second-order valence-corrected chi connectivity index (χ2v) is 7.77. The van der Waals surface area contributed by atoms with E-state index in [0.717, 1.165) is 35.2 Å². The Morgan fingerprint density at radius 3 is 2.48 bits per heavy atom. The van der Waals surface area contributed by atoms with Crippen molar-refractivity contribution in [2.75, 3.05) is 11.4 Å². The molecule has 1 atom stereocenters. The molecule has 1 N–H and O–H groups in total. The number of halogens is 1. The maximum Gasteiger partial charge on any atom is 0.258 e. The lowest BCUT2D eigenvalue weighted by Gasteiger charge is -2.18. The van der Waals surface area contributed by atoms with Crippen molar-refractivity contribution in [1.82, 2.24) is 5.32 Å². The summed E-state index contributed by atoms with van der Waals surface area (Å²) in [6.07, 6.45) is 1.49. The number of amides is 2. The number of fused-ring (bicyclic) bond motifs is 1. The summed E-state index contributed by atoms with van der Waals surface area (Å²) in [7, 11) is 0. The highest BCUT2D eigenvalue weighted by Gasteiger charge is 2.26. The van der Waals surface area contributed by atoms with Gasteiger partial charge in [-0.25, -0.2) is 4.39 Å². The SMILES string of the molecule is CC[C@H](C(=O)NCc1ccc2c(c1)CCN2C(=O)c1ccc(F)cc1)c1ccccc1. The normalized spacial score (nSPS) is 13.5. The molecular weight excluding hydrogens is 391 g/mol. The lowest BCUT2D eigenvalue weighted by molar-refractivity contribution is -0.122. The lowest BCUT2D eigenvalue weighted by atomic mass is 9.95. The summed E-state index contributed by atoms with van der Waals surface area (Å²) in [4.78, 5) is 27.3. The number of hydrogen-bond donors (Lipinski definition) is 1. The quantitative estimate of drug-likeness (QED) is 0.625. The van der Waals surface area contributed by atoms with E-state index in [1.165, 1.54) is 24.3 Å². The van der Waals surface area contributed by atoms with E-state index in [2.05, 4.69) is 11.4 Å². The van der Waals surface area contributed by atoms with Crippen LogP contribution in [0.15, 0.2) is 72.8 Å². The molecule has 0 unspecified atom stereocenters. The Morgan fingerprint density at radius 2 is 1.77 bits per heavy atom. The van der Waals surface area contributed by atoms with Gasteiger partial charge in [0.1, 0.15) is 5.82 Å². The monoisotopic (exact) mass is 416 g/mol. The van der Waals surface area contributed by atoms with Crippen LogP contribution in [0.4, 0.5) is 10.1 Å². The van der Waals surface area contributed by atoms with Crippen LogP contribution in [0.1, 0.15) is 46.3 Å². The van der Waals surface area contributed by atoms with Gasteiger partial charge in [-0.1, -0.05) is 49.4 Å². The van der Waals surface area contributed by atoms with Gasteiger partial charge in [0.05, 0.1) is 5.92 Å². The van der Waals surface area contributed by atoms with Crippen molar-refractivity contribution in [2.24, 2.45) is 0 Å². The highest BCUT2D eigenvalue weighted by atomic mass is 19.1. The zero-order valence-corrected chi connectivity index (χ0v) is 17.5. The van der Waals surface area contributed by atoms with Crippen LogP contribution in [-0.2, 0) is 17.8 Å². The van der Waals surface area contributed by atoms with Crippen LogP contribution in [0, 0.1) is 5.82 Å². The summed E-state index contributed by atoms with van der Waals surface area (Å²) in [5, 5.41) is 3.05. The Bertz CT molecular complexity index is 1080. The molecular formula is C26H25FN2O2. The lowest BCUT2D eigenvalue weighted by Crippen LogP contribution is -2.29. The predicted octanol–water partition coefficient (Wildman–Crippen LogP) is 4.84. The van der Waals surface area contributed by atoms with Crippen molar-refractivity contribution < 1.29 is 14.0 Å². The molecule has 31 heavy (non-hydrogen) atoms. The molecule has 0 spiro atoms. The highest BCUT2D eigenvalue weighted by molar-refractivity contribution is 6.07. The summed E-state index contributed by atoms with van der Waals surface area (Å²) >= 11 is 0. The Labute approximate surface area is 181 Å². The first-order valence-corrected chi connectivity index (χ1v) is 10.6. The van der Waals surface area contributed by atoms with Gasteiger partial charge in [-0.3, -0.25) is 9.59 Å².